The molecule has 0 spiro atoms. The summed E-state index contributed by atoms with van der Waals surface area (Å²) < 4.78 is 12.7. The largest absolute Gasteiger partial charge is 0.497 e. The normalized spacial score (nSPS) is 14.6. The predicted octanol–water partition coefficient (Wildman–Crippen LogP) is 3.52. The van der Waals surface area contributed by atoms with Crippen LogP contribution >= 0.6 is 0 Å². The van der Waals surface area contributed by atoms with Crippen LogP contribution in [0.15, 0.2) is 71.8 Å². The topological polar surface area (TPSA) is 98.3 Å². The number of nitrogens with zero attached hydrogens (tertiary/aromatic N) is 5. The van der Waals surface area contributed by atoms with Crippen molar-refractivity contribution in [2.45, 2.75) is 32.5 Å². The highest BCUT2D eigenvalue weighted by Crippen LogP contribution is 2.22. The Labute approximate surface area is 210 Å². The minimum absolute atomic E-state index is 0.0271. The van der Waals surface area contributed by atoms with E-state index in [0.29, 0.717) is 24.8 Å². The fourth-order valence-electron chi connectivity index (χ4n) is 4.41. The Balaban J connectivity index is 1.05. The van der Waals surface area contributed by atoms with E-state index in [1.165, 1.54) is 5.56 Å². The fourth-order valence-corrected chi connectivity index (χ4v) is 4.41. The average Bonchev–Trinajstić information content (AvgIpc) is 3.61. The summed E-state index contributed by atoms with van der Waals surface area (Å²) in [6, 6.07) is 15.9. The van der Waals surface area contributed by atoms with E-state index in [9.17, 15) is 4.79 Å². The maximum absolute atomic E-state index is 12.7. The number of carbonyl (C=O) groups is 1. The molecule has 0 saturated carbocycles. The first-order chi connectivity index (χ1) is 17.7. The van der Waals surface area contributed by atoms with E-state index in [1.807, 2.05) is 35.0 Å². The Morgan fingerprint density at radius 3 is 2.50 bits per heavy atom. The fraction of sp³-hybridized carbons (Fsp3) is 0.333. The molecule has 0 atom stereocenters. The van der Waals surface area contributed by atoms with Gasteiger partial charge in [0, 0.05) is 37.0 Å². The minimum Gasteiger partial charge on any atom is -0.497 e. The molecule has 1 aliphatic rings. The lowest BCUT2D eigenvalue weighted by molar-refractivity contribution is -0.126. The number of piperidine rings is 1. The van der Waals surface area contributed by atoms with E-state index in [2.05, 4.69) is 49.6 Å². The van der Waals surface area contributed by atoms with Gasteiger partial charge in [-0.1, -0.05) is 29.4 Å². The molecule has 1 fully saturated rings. The summed E-state index contributed by atoms with van der Waals surface area (Å²) >= 11 is 0. The second-order valence-electron chi connectivity index (χ2n) is 9.06. The number of imidazole rings is 1. The molecule has 2 aromatic carbocycles. The number of carbonyl (C=O) groups excluding carboxylic acids is 1. The van der Waals surface area contributed by atoms with Gasteiger partial charge in [0.1, 0.15) is 5.75 Å². The first-order valence-corrected chi connectivity index (χ1v) is 12.2. The van der Waals surface area contributed by atoms with Crippen molar-refractivity contribution < 1.29 is 14.1 Å². The smallest absolute Gasteiger partial charge is 0.241 e. The highest BCUT2D eigenvalue weighted by Gasteiger charge is 2.26. The monoisotopic (exact) mass is 486 g/mol. The summed E-state index contributed by atoms with van der Waals surface area (Å²) in [5, 5.41) is 7.21. The lowest BCUT2D eigenvalue weighted by Gasteiger charge is -2.30. The molecule has 9 nitrogen and oxygen atoms in total. The number of hydrogen-bond donors (Lipinski definition) is 1. The van der Waals surface area contributed by atoms with Crippen LogP contribution in [0.25, 0.3) is 11.4 Å². The van der Waals surface area contributed by atoms with Crippen molar-refractivity contribution in [3.05, 3.63) is 84.3 Å². The molecular formula is C27H30N6O3. The van der Waals surface area contributed by atoms with Crippen LogP contribution < -0.4 is 10.1 Å². The van der Waals surface area contributed by atoms with Gasteiger partial charge in [0.15, 0.2) is 0 Å². The Kier molecular flexibility index (Phi) is 7.37. The lowest BCUT2D eigenvalue weighted by atomic mass is 9.96. The molecule has 1 saturated heterocycles. The zero-order valence-corrected chi connectivity index (χ0v) is 20.3. The van der Waals surface area contributed by atoms with Gasteiger partial charge < -0.3 is 19.1 Å². The third-order valence-corrected chi connectivity index (χ3v) is 6.55. The van der Waals surface area contributed by atoms with Gasteiger partial charge in [-0.3, -0.25) is 9.69 Å². The minimum atomic E-state index is 0.0271. The van der Waals surface area contributed by atoms with Crippen molar-refractivity contribution in [2.24, 2.45) is 5.92 Å². The molecule has 1 aliphatic heterocycles. The van der Waals surface area contributed by atoms with E-state index in [0.717, 1.165) is 49.4 Å². The molecule has 9 heteroatoms. The quantitative estimate of drug-likeness (QED) is 0.387. The molecule has 186 valence electrons. The van der Waals surface area contributed by atoms with Crippen LogP contribution in [0.1, 0.15) is 29.9 Å². The number of methoxy groups -OCH3 is 1. The number of rotatable bonds is 9. The Morgan fingerprint density at radius 2 is 1.81 bits per heavy atom. The number of benzene rings is 2. The van der Waals surface area contributed by atoms with Gasteiger partial charge >= 0.3 is 0 Å². The number of ether oxygens (including phenoxy) is 1. The third-order valence-electron chi connectivity index (χ3n) is 6.55. The number of nitrogens with one attached hydrogen (secondary N) is 1. The van der Waals surface area contributed by atoms with Crippen molar-refractivity contribution >= 4 is 5.91 Å². The van der Waals surface area contributed by atoms with Crippen molar-refractivity contribution in [1.29, 1.82) is 0 Å². The van der Waals surface area contributed by atoms with Gasteiger partial charge in [0.2, 0.25) is 17.6 Å². The van der Waals surface area contributed by atoms with Crippen LogP contribution in [0.2, 0.25) is 0 Å². The number of amides is 1. The molecule has 0 radical (unpaired) electrons. The van der Waals surface area contributed by atoms with E-state index in [4.69, 9.17) is 9.26 Å². The molecule has 0 bridgehead atoms. The molecule has 4 aromatic rings. The van der Waals surface area contributed by atoms with Crippen LogP contribution in [0, 0.1) is 5.92 Å². The van der Waals surface area contributed by atoms with Crippen LogP contribution in [0.3, 0.4) is 0 Å². The van der Waals surface area contributed by atoms with E-state index in [-0.39, 0.29) is 11.8 Å². The molecule has 1 amide bonds. The molecule has 5 rings (SSSR count). The summed E-state index contributed by atoms with van der Waals surface area (Å²) in [7, 11) is 1.64. The summed E-state index contributed by atoms with van der Waals surface area (Å²) in [6.45, 7) is 3.56. The average molecular weight is 487 g/mol. The lowest BCUT2D eigenvalue weighted by Crippen LogP contribution is -2.40. The first-order valence-electron chi connectivity index (χ1n) is 12.2. The standard InChI is InChI=1S/C27H30N6O3/c1-35-24-8-6-22(7-9-24)26-30-25(36-31-26)18-32-13-10-23(11-14-32)27(34)29-16-20-2-4-21(5-3-20)17-33-15-12-28-19-33/h2-9,12,15,19,23H,10-11,13-14,16-18H2,1H3,(H,29,34). The van der Waals surface area contributed by atoms with E-state index < -0.39 is 0 Å². The van der Waals surface area contributed by atoms with E-state index >= 15 is 0 Å². The SMILES string of the molecule is COc1ccc(-c2noc(CN3CCC(C(=O)NCc4ccc(Cn5ccnc5)cc4)CC3)n2)cc1. The summed E-state index contributed by atoms with van der Waals surface area (Å²) in [4.78, 5) is 23.6. The summed E-state index contributed by atoms with van der Waals surface area (Å²) in [6.07, 6.45) is 7.16. The number of likely N-dealkylation sites (tertiary alicyclic amines) is 1. The highest BCUT2D eigenvalue weighted by molar-refractivity contribution is 5.78. The van der Waals surface area contributed by atoms with Crippen LogP contribution in [0.4, 0.5) is 0 Å². The zero-order valence-electron chi connectivity index (χ0n) is 20.3. The van der Waals surface area contributed by atoms with Gasteiger partial charge in [-0.15, -0.1) is 0 Å². The van der Waals surface area contributed by atoms with Crippen LogP contribution in [0.5, 0.6) is 5.75 Å². The van der Waals surface area contributed by atoms with Gasteiger partial charge in [0.25, 0.3) is 0 Å². The van der Waals surface area contributed by atoms with E-state index in [1.54, 1.807) is 19.6 Å². The molecule has 3 heterocycles. The Bertz CT molecular complexity index is 1240. The Hall–Kier alpha value is -3.98. The van der Waals surface area contributed by atoms with Gasteiger partial charge in [0.05, 0.1) is 20.0 Å². The van der Waals surface area contributed by atoms with Crippen molar-refractivity contribution in [2.75, 3.05) is 20.2 Å². The third kappa shape index (κ3) is 5.98. The zero-order chi connectivity index (χ0) is 24.7. The summed E-state index contributed by atoms with van der Waals surface area (Å²) in [5.74, 6) is 2.09. The van der Waals surface area contributed by atoms with Crippen LogP contribution in [-0.4, -0.2) is 50.7 Å². The number of aromatic nitrogens is 4. The molecule has 1 N–H and O–H groups in total. The van der Waals surface area contributed by atoms with Crippen LogP contribution in [-0.2, 0) is 24.4 Å². The maximum atomic E-state index is 12.7. The second kappa shape index (κ2) is 11.2. The summed E-state index contributed by atoms with van der Waals surface area (Å²) in [5.41, 5.74) is 3.18. The molecular weight excluding hydrogens is 456 g/mol. The Morgan fingerprint density at radius 1 is 1.06 bits per heavy atom. The van der Waals surface area contributed by atoms with Crippen molar-refractivity contribution in [3.63, 3.8) is 0 Å². The molecule has 36 heavy (non-hydrogen) atoms. The second-order valence-corrected chi connectivity index (χ2v) is 9.06. The maximum Gasteiger partial charge on any atom is 0.241 e. The number of hydrogen-bond acceptors (Lipinski definition) is 7. The predicted molar refractivity (Wildman–Crippen MR) is 134 cm³/mol. The molecule has 0 unspecified atom stereocenters. The van der Waals surface area contributed by atoms with Gasteiger partial charge in [-0.05, 0) is 61.3 Å². The first kappa shape index (κ1) is 23.7. The highest BCUT2D eigenvalue weighted by atomic mass is 16.5. The van der Waals surface area contributed by atoms with Gasteiger partial charge in [-0.25, -0.2) is 4.98 Å². The van der Waals surface area contributed by atoms with Gasteiger partial charge in [-0.2, -0.15) is 4.98 Å². The molecule has 0 aliphatic carbocycles. The van der Waals surface area contributed by atoms with Crippen molar-refractivity contribution in [1.82, 2.24) is 29.9 Å². The van der Waals surface area contributed by atoms with Crippen molar-refractivity contribution in [3.8, 4) is 17.1 Å². The molecule has 2 aromatic heterocycles.